The number of halogens is 2. The van der Waals surface area contributed by atoms with Crippen LogP contribution < -0.4 is 5.32 Å². The van der Waals surface area contributed by atoms with Gasteiger partial charge in [-0.3, -0.25) is 9.69 Å². The Morgan fingerprint density at radius 2 is 2.00 bits per heavy atom. The van der Waals surface area contributed by atoms with E-state index < -0.39 is 12.1 Å². The maximum absolute atomic E-state index is 13.3. The summed E-state index contributed by atoms with van der Waals surface area (Å²) in [5.74, 6) is -0.397. The van der Waals surface area contributed by atoms with Gasteiger partial charge in [0.15, 0.2) is 0 Å². The summed E-state index contributed by atoms with van der Waals surface area (Å²) in [4.78, 5) is 14.9. The number of nitrogens with one attached hydrogen (secondary N) is 1. The van der Waals surface area contributed by atoms with Crippen LogP contribution in [-0.4, -0.2) is 41.1 Å². The molecule has 2 aromatic rings. The fraction of sp³-hybridized carbons (Fsp3) is 0.409. The van der Waals surface area contributed by atoms with E-state index in [1.807, 2.05) is 43.0 Å². The molecule has 28 heavy (non-hydrogen) atoms. The number of carbonyl (C=O) groups is 1. The van der Waals surface area contributed by atoms with Crippen LogP contribution in [0.2, 0.25) is 0 Å². The van der Waals surface area contributed by atoms with Crippen molar-refractivity contribution in [3.63, 3.8) is 0 Å². The molecular formula is C22H26BrFN2O2. The molecule has 3 rings (SSSR count). The quantitative estimate of drug-likeness (QED) is 0.708. The largest absolute Gasteiger partial charge is 0.390 e. The van der Waals surface area contributed by atoms with E-state index in [4.69, 9.17) is 0 Å². The Hall–Kier alpha value is -1.76. The van der Waals surface area contributed by atoms with Crippen molar-refractivity contribution in [2.75, 3.05) is 13.1 Å². The summed E-state index contributed by atoms with van der Waals surface area (Å²) in [6, 6.07) is 13.5. The van der Waals surface area contributed by atoms with E-state index in [1.165, 1.54) is 12.1 Å². The summed E-state index contributed by atoms with van der Waals surface area (Å²) in [5, 5.41) is 14.0. The molecule has 0 radical (unpaired) electrons. The van der Waals surface area contributed by atoms with E-state index in [0.29, 0.717) is 25.6 Å². The average Bonchev–Trinajstić information content (AvgIpc) is 2.96. The lowest BCUT2D eigenvalue weighted by atomic mass is 9.93. The third-order valence-corrected chi connectivity index (χ3v) is 5.58. The van der Waals surface area contributed by atoms with Gasteiger partial charge in [0.25, 0.3) is 0 Å². The highest BCUT2D eigenvalue weighted by Crippen LogP contribution is 2.34. The first kappa shape index (κ1) is 21.0. The van der Waals surface area contributed by atoms with Crippen molar-refractivity contribution in [3.05, 3.63) is 69.9 Å². The van der Waals surface area contributed by atoms with E-state index in [0.717, 1.165) is 15.6 Å². The van der Waals surface area contributed by atoms with E-state index >= 15 is 0 Å². The first-order valence-corrected chi connectivity index (χ1v) is 10.3. The van der Waals surface area contributed by atoms with Crippen LogP contribution in [0.4, 0.5) is 4.39 Å². The van der Waals surface area contributed by atoms with Crippen molar-refractivity contribution in [1.82, 2.24) is 10.2 Å². The van der Waals surface area contributed by atoms with Gasteiger partial charge in [0.1, 0.15) is 11.9 Å². The number of nitrogens with zero attached hydrogens (tertiary/aromatic N) is 1. The number of rotatable bonds is 6. The van der Waals surface area contributed by atoms with Crippen LogP contribution in [0.25, 0.3) is 0 Å². The van der Waals surface area contributed by atoms with E-state index in [1.54, 1.807) is 12.1 Å². The molecule has 1 aliphatic heterocycles. The monoisotopic (exact) mass is 448 g/mol. The van der Waals surface area contributed by atoms with Crippen LogP contribution in [0, 0.1) is 11.7 Å². The van der Waals surface area contributed by atoms with Gasteiger partial charge in [-0.05, 0) is 41.3 Å². The zero-order valence-electron chi connectivity index (χ0n) is 16.1. The van der Waals surface area contributed by atoms with Crippen LogP contribution in [0.15, 0.2) is 53.0 Å². The molecule has 2 N–H and O–H groups in total. The van der Waals surface area contributed by atoms with Crippen LogP contribution in [0.1, 0.15) is 30.9 Å². The molecule has 150 valence electrons. The number of hydrogen-bond acceptors (Lipinski definition) is 3. The number of hydrogen-bond donors (Lipinski definition) is 2. The molecule has 0 aliphatic carbocycles. The number of aliphatic hydroxyl groups is 1. The molecule has 0 saturated carbocycles. The minimum absolute atomic E-state index is 0.166. The third kappa shape index (κ3) is 4.99. The van der Waals surface area contributed by atoms with Crippen LogP contribution in [0.5, 0.6) is 0 Å². The highest BCUT2D eigenvalue weighted by atomic mass is 79.9. The molecule has 3 atom stereocenters. The van der Waals surface area contributed by atoms with Gasteiger partial charge in [0.2, 0.25) is 5.91 Å². The van der Waals surface area contributed by atoms with Gasteiger partial charge >= 0.3 is 0 Å². The van der Waals surface area contributed by atoms with Gasteiger partial charge in [-0.2, -0.15) is 0 Å². The van der Waals surface area contributed by atoms with Gasteiger partial charge < -0.3 is 10.4 Å². The molecule has 1 saturated heterocycles. The first-order valence-electron chi connectivity index (χ1n) is 9.55. The smallest absolute Gasteiger partial charge is 0.240 e. The van der Waals surface area contributed by atoms with Gasteiger partial charge in [-0.1, -0.05) is 54.0 Å². The number of aliphatic hydroxyl groups excluding tert-OH is 1. The standard InChI is InChI=1S/C22H26BrFN2O2/c1-14(2)11-25-22(28)20-21(27)19(16-6-8-18(24)9-7-16)13-26(20)12-15-4-3-5-17(23)10-15/h3-10,14,19-21,27H,11-13H2,1-2H3,(H,25,28)/t19-,20+,21-/m1/s1. The lowest BCUT2D eigenvalue weighted by molar-refractivity contribution is -0.128. The molecule has 0 aromatic heterocycles. The normalized spacial score (nSPS) is 22.6. The van der Waals surface area contributed by atoms with Gasteiger partial charge in [-0.15, -0.1) is 0 Å². The topological polar surface area (TPSA) is 52.6 Å². The Kier molecular flexibility index (Phi) is 6.86. The van der Waals surface area contributed by atoms with E-state index in [2.05, 4.69) is 21.2 Å². The second-order valence-electron chi connectivity index (χ2n) is 7.79. The minimum Gasteiger partial charge on any atom is -0.390 e. The molecule has 0 bridgehead atoms. The second-order valence-corrected chi connectivity index (χ2v) is 8.71. The van der Waals surface area contributed by atoms with Crippen molar-refractivity contribution >= 4 is 21.8 Å². The van der Waals surface area contributed by atoms with E-state index in [9.17, 15) is 14.3 Å². The first-order chi connectivity index (χ1) is 13.3. The van der Waals surface area contributed by atoms with Crippen molar-refractivity contribution in [2.45, 2.75) is 38.5 Å². The number of benzene rings is 2. The molecular weight excluding hydrogens is 423 g/mol. The SMILES string of the molecule is CC(C)CNC(=O)[C@@H]1[C@H](O)[C@@H](c2ccc(F)cc2)CN1Cc1cccc(Br)c1. The summed E-state index contributed by atoms with van der Waals surface area (Å²) in [5.41, 5.74) is 1.90. The summed E-state index contributed by atoms with van der Waals surface area (Å²) < 4.78 is 14.3. The number of carbonyl (C=O) groups excluding carboxylic acids is 1. The maximum atomic E-state index is 13.3. The zero-order chi connectivity index (χ0) is 20.3. The maximum Gasteiger partial charge on any atom is 0.240 e. The highest BCUT2D eigenvalue weighted by Gasteiger charge is 2.45. The lowest BCUT2D eigenvalue weighted by Crippen LogP contribution is -2.48. The second kappa shape index (κ2) is 9.16. The molecule has 0 spiro atoms. The molecule has 0 unspecified atom stereocenters. The number of likely N-dealkylation sites (tertiary alicyclic amines) is 1. The Bertz CT molecular complexity index is 812. The highest BCUT2D eigenvalue weighted by molar-refractivity contribution is 9.10. The average molecular weight is 449 g/mol. The molecule has 2 aromatic carbocycles. The summed E-state index contributed by atoms with van der Waals surface area (Å²) in [6.45, 7) is 5.71. The molecule has 1 amide bonds. The Balaban J connectivity index is 1.84. The Morgan fingerprint density at radius 3 is 2.64 bits per heavy atom. The zero-order valence-corrected chi connectivity index (χ0v) is 17.7. The summed E-state index contributed by atoms with van der Waals surface area (Å²) in [6.07, 6.45) is -0.857. The van der Waals surface area contributed by atoms with Gasteiger partial charge in [0, 0.05) is 30.0 Å². The van der Waals surface area contributed by atoms with Crippen molar-refractivity contribution in [2.24, 2.45) is 5.92 Å². The predicted molar refractivity (Wildman–Crippen MR) is 111 cm³/mol. The Morgan fingerprint density at radius 1 is 1.29 bits per heavy atom. The number of amides is 1. The third-order valence-electron chi connectivity index (χ3n) is 5.09. The lowest BCUT2D eigenvalue weighted by Gasteiger charge is -2.25. The predicted octanol–water partition coefficient (Wildman–Crippen LogP) is 3.69. The Labute approximate surface area is 173 Å². The molecule has 1 fully saturated rings. The molecule has 1 heterocycles. The van der Waals surface area contributed by atoms with E-state index in [-0.39, 0.29) is 17.6 Å². The fourth-order valence-electron chi connectivity index (χ4n) is 3.69. The van der Waals surface area contributed by atoms with Gasteiger partial charge in [-0.25, -0.2) is 4.39 Å². The van der Waals surface area contributed by atoms with Crippen molar-refractivity contribution in [1.29, 1.82) is 0 Å². The summed E-state index contributed by atoms with van der Waals surface area (Å²) in [7, 11) is 0. The molecule has 1 aliphatic rings. The summed E-state index contributed by atoms with van der Waals surface area (Å²) >= 11 is 3.48. The van der Waals surface area contributed by atoms with Crippen molar-refractivity contribution in [3.8, 4) is 0 Å². The fourth-order valence-corrected chi connectivity index (χ4v) is 4.13. The van der Waals surface area contributed by atoms with Crippen LogP contribution >= 0.6 is 15.9 Å². The molecule has 6 heteroatoms. The van der Waals surface area contributed by atoms with Crippen LogP contribution in [0.3, 0.4) is 0 Å². The van der Waals surface area contributed by atoms with Gasteiger partial charge in [0.05, 0.1) is 6.10 Å². The molecule has 4 nitrogen and oxygen atoms in total. The van der Waals surface area contributed by atoms with Crippen LogP contribution in [-0.2, 0) is 11.3 Å². The van der Waals surface area contributed by atoms with Crippen molar-refractivity contribution < 1.29 is 14.3 Å². The minimum atomic E-state index is -0.857.